The highest BCUT2D eigenvalue weighted by atomic mass is 16.5. The van der Waals surface area contributed by atoms with E-state index in [2.05, 4.69) is 9.13 Å². The van der Waals surface area contributed by atoms with Gasteiger partial charge in [0.25, 0.3) is 0 Å². The van der Waals surface area contributed by atoms with Crippen molar-refractivity contribution in [3.8, 4) is 11.5 Å². The van der Waals surface area contributed by atoms with Crippen LogP contribution in [0.15, 0.2) is 69.8 Å². The Hall–Kier alpha value is -4.72. The Morgan fingerprint density at radius 1 is 0.588 bits per heavy atom. The lowest BCUT2D eigenvalue weighted by Crippen LogP contribution is -2.18. The average Bonchev–Trinajstić information content (AvgIpc) is 2.90. The molecule has 8 heteroatoms. The van der Waals surface area contributed by atoms with E-state index in [0.717, 1.165) is 55.0 Å². The van der Waals surface area contributed by atoms with Gasteiger partial charge in [-0.2, -0.15) is 0 Å². The summed E-state index contributed by atoms with van der Waals surface area (Å²) in [6, 6.07) is 15.9. The van der Waals surface area contributed by atoms with Gasteiger partial charge in [-0.15, -0.1) is 0 Å². The van der Waals surface area contributed by atoms with Gasteiger partial charge >= 0.3 is 0 Å². The van der Waals surface area contributed by atoms with Crippen molar-refractivity contribution in [1.29, 1.82) is 0 Å². The maximum Gasteiger partial charge on any atom is 0.176 e. The van der Waals surface area contributed by atoms with Crippen molar-refractivity contribution in [2.45, 2.75) is 13.5 Å². The van der Waals surface area contributed by atoms with Crippen molar-refractivity contribution in [2.75, 3.05) is 0 Å². The SMILES string of the molecule is c1ccc2c(c1)oc1cnc3c4ncc5oc6ccccc6n6c5c4c(c4c3c1n2CO4)OC6. The predicted molar refractivity (Wildman–Crippen MR) is 126 cm³/mol. The number of pyridine rings is 2. The molecule has 0 radical (unpaired) electrons. The monoisotopic (exact) mass is 446 g/mol. The van der Waals surface area contributed by atoms with Crippen LogP contribution in [0.2, 0.25) is 0 Å². The van der Waals surface area contributed by atoms with Gasteiger partial charge in [0.15, 0.2) is 47.3 Å². The Bertz CT molecular complexity index is 1940. The molecule has 0 spiro atoms. The minimum absolute atomic E-state index is 0.340. The summed E-state index contributed by atoms with van der Waals surface area (Å²) < 4.78 is 29.4. The summed E-state index contributed by atoms with van der Waals surface area (Å²) in [7, 11) is 0. The second-order valence-electron chi connectivity index (χ2n) is 8.59. The maximum atomic E-state index is 6.38. The van der Waals surface area contributed by atoms with Gasteiger partial charge in [0.1, 0.15) is 22.1 Å². The molecule has 0 saturated heterocycles. The fourth-order valence-electron chi connectivity index (χ4n) is 5.48. The standard InChI is InChI=1S/C26H14N4O4/c1-3-7-15-13(5-1)29-11-31-25-19-21(27-9-17(33-15)23(19)29)22-20-24-18(10-28-22)34-16-8-4-2-6-14(16)30(24)12-32-26(20)25/h1-10H,11-12H2. The van der Waals surface area contributed by atoms with Crippen LogP contribution in [0.4, 0.5) is 0 Å². The fraction of sp³-hybridized carbons (Fsp3) is 0.0769. The first-order valence-electron chi connectivity index (χ1n) is 11.0. The van der Waals surface area contributed by atoms with Crippen molar-refractivity contribution in [2.24, 2.45) is 0 Å². The summed E-state index contributed by atoms with van der Waals surface area (Å²) in [5.41, 5.74) is 8.19. The maximum absolute atomic E-state index is 6.38. The second-order valence-corrected chi connectivity index (χ2v) is 8.59. The molecule has 9 rings (SSSR count). The number of fused-ring (bicyclic) bond motifs is 6. The molecule has 0 saturated carbocycles. The van der Waals surface area contributed by atoms with Crippen molar-refractivity contribution in [1.82, 2.24) is 19.1 Å². The average molecular weight is 446 g/mol. The fourth-order valence-corrected chi connectivity index (χ4v) is 5.48. The molecule has 8 nitrogen and oxygen atoms in total. The topological polar surface area (TPSA) is 80.4 Å². The van der Waals surface area contributed by atoms with Gasteiger partial charge in [-0.25, -0.2) is 9.97 Å². The molecule has 0 atom stereocenters. The van der Waals surface area contributed by atoms with E-state index < -0.39 is 0 Å². The molecule has 7 aromatic rings. The van der Waals surface area contributed by atoms with Gasteiger partial charge in [-0.05, 0) is 24.3 Å². The molecular weight excluding hydrogens is 432 g/mol. The first-order valence-corrected chi connectivity index (χ1v) is 11.0. The van der Waals surface area contributed by atoms with Crippen molar-refractivity contribution >= 4 is 66.2 Å². The van der Waals surface area contributed by atoms with Crippen LogP contribution in [-0.4, -0.2) is 19.1 Å². The Morgan fingerprint density at radius 2 is 1.06 bits per heavy atom. The Kier molecular flexibility index (Phi) is 2.78. The lowest BCUT2D eigenvalue weighted by Gasteiger charge is -2.28. The molecular formula is C26H14N4O4. The Balaban J connectivity index is 1.56. The second kappa shape index (κ2) is 5.60. The van der Waals surface area contributed by atoms with Gasteiger partial charge in [-0.3, -0.25) is 0 Å². The van der Waals surface area contributed by atoms with Crippen LogP contribution in [0, 0.1) is 0 Å². The Morgan fingerprint density at radius 3 is 1.56 bits per heavy atom. The highest BCUT2D eigenvalue weighted by Gasteiger charge is 2.31. The molecule has 2 aliphatic heterocycles. The summed E-state index contributed by atoms with van der Waals surface area (Å²) in [5, 5.41) is 1.69. The molecule has 0 unspecified atom stereocenters. The van der Waals surface area contributed by atoms with Crippen LogP contribution in [-0.2, 0) is 13.5 Å². The van der Waals surface area contributed by atoms with E-state index in [1.165, 1.54) is 0 Å². The van der Waals surface area contributed by atoms with E-state index >= 15 is 0 Å². The molecule has 34 heavy (non-hydrogen) atoms. The number of hydrogen-bond acceptors (Lipinski definition) is 6. The van der Waals surface area contributed by atoms with Crippen molar-refractivity contribution < 1.29 is 18.3 Å². The van der Waals surface area contributed by atoms with Gasteiger partial charge in [0.2, 0.25) is 0 Å². The van der Waals surface area contributed by atoms with Crippen LogP contribution < -0.4 is 9.47 Å². The molecule has 0 N–H and O–H groups in total. The van der Waals surface area contributed by atoms with Crippen molar-refractivity contribution in [3.05, 3.63) is 60.9 Å². The quantitative estimate of drug-likeness (QED) is 0.210. The third kappa shape index (κ3) is 1.84. The highest BCUT2D eigenvalue weighted by molar-refractivity contribution is 6.23. The summed E-state index contributed by atoms with van der Waals surface area (Å²) in [4.78, 5) is 9.60. The van der Waals surface area contributed by atoms with Crippen LogP contribution in [0.5, 0.6) is 11.5 Å². The highest BCUT2D eigenvalue weighted by Crippen LogP contribution is 2.50. The third-order valence-corrected chi connectivity index (χ3v) is 6.89. The minimum atomic E-state index is 0.340. The molecule has 0 aliphatic carbocycles. The van der Waals surface area contributed by atoms with Gasteiger partial charge < -0.3 is 27.4 Å². The molecule has 0 amide bonds. The summed E-state index contributed by atoms with van der Waals surface area (Å²) in [5.74, 6) is 1.33. The van der Waals surface area contributed by atoms with E-state index in [-0.39, 0.29) is 0 Å². The normalized spacial score (nSPS) is 14.1. The largest absolute Gasteiger partial charge is 0.468 e. The van der Waals surface area contributed by atoms with Crippen LogP contribution in [0.25, 0.3) is 66.2 Å². The first kappa shape index (κ1) is 16.8. The molecule has 4 aromatic heterocycles. The third-order valence-electron chi connectivity index (χ3n) is 6.89. The molecule has 3 aromatic carbocycles. The number of aromatic nitrogens is 4. The zero-order valence-electron chi connectivity index (χ0n) is 17.6. The van der Waals surface area contributed by atoms with Gasteiger partial charge in [0, 0.05) is 0 Å². The number of rotatable bonds is 0. The van der Waals surface area contributed by atoms with Crippen LogP contribution >= 0.6 is 0 Å². The number of hydrogen-bond donors (Lipinski definition) is 0. The minimum Gasteiger partial charge on any atom is -0.468 e. The van der Waals surface area contributed by atoms with E-state index in [1.54, 1.807) is 12.4 Å². The molecule has 0 bridgehead atoms. The van der Waals surface area contributed by atoms with Crippen LogP contribution in [0.3, 0.4) is 0 Å². The number of benzene rings is 3. The van der Waals surface area contributed by atoms with Gasteiger partial charge in [0.05, 0.1) is 34.2 Å². The van der Waals surface area contributed by atoms with E-state index in [9.17, 15) is 0 Å². The Labute approximate surface area is 189 Å². The summed E-state index contributed by atoms with van der Waals surface area (Å²) in [6.07, 6.45) is 3.54. The van der Waals surface area contributed by atoms with Gasteiger partial charge in [-0.1, -0.05) is 24.3 Å². The van der Waals surface area contributed by atoms with Crippen LogP contribution in [0.1, 0.15) is 0 Å². The summed E-state index contributed by atoms with van der Waals surface area (Å²) >= 11 is 0. The first-order chi connectivity index (χ1) is 16.9. The smallest absolute Gasteiger partial charge is 0.176 e. The van der Waals surface area contributed by atoms with Crippen molar-refractivity contribution in [3.63, 3.8) is 0 Å². The van der Waals surface area contributed by atoms with E-state index in [1.807, 2.05) is 48.5 Å². The lowest BCUT2D eigenvalue weighted by molar-refractivity contribution is 0.200. The number of nitrogens with zero attached hydrogens (tertiary/aromatic N) is 4. The molecule has 0 fully saturated rings. The zero-order chi connectivity index (χ0) is 22.0. The molecule has 6 heterocycles. The number of para-hydroxylation sites is 4. The number of ether oxygens (including phenoxy) is 2. The van der Waals surface area contributed by atoms with E-state index in [0.29, 0.717) is 36.1 Å². The van der Waals surface area contributed by atoms with E-state index in [4.69, 9.17) is 28.3 Å². The summed E-state index contributed by atoms with van der Waals surface area (Å²) in [6.45, 7) is 0.680. The predicted octanol–water partition coefficient (Wildman–Crippen LogP) is 6.01. The zero-order valence-corrected chi connectivity index (χ0v) is 17.6. The lowest BCUT2D eigenvalue weighted by atomic mass is 10.0. The molecule has 2 aliphatic rings. The molecule has 162 valence electrons.